The van der Waals surface area contributed by atoms with Crippen molar-refractivity contribution >= 4 is 0 Å². The third-order valence-electron chi connectivity index (χ3n) is 5.65. The van der Waals surface area contributed by atoms with Crippen LogP contribution < -0.4 is 4.74 Å². The highest BCUT2D eigenvalue weighted by molar-refractivity contribution is 5.34. The molecule has 2 aliphatic rings. The number of hydrogen-bond donors (Lipinski definition) is 0. The predicted octanol–water partition coefficient (Wildman–Crippen LogP) is 6.57. The fourth-order valence-corrected chi connectivity index (χ4v) is 3.83. The first-order valence-electron chi connectivity index (χ1n) is 10.3. The monoisotopic (exact) mass is 392 g/mol. The van der Waals surface area contributed by atoms with Gasteiger partial charge in [-0.15, -0.1) is 0 Å². The third kappa shape index (κ3) is 5.13. The van der Waals surface area contributed by atoms with Crippen LogP contribution in [0.1, 0.15) is 63.5 Å². The number of halogens is 2. The highest BCUT2D eigenvalue weighted by Crippen LogP contribution is 2.34. The lowest BCUT2D eigenvalue weighted by Crippen LogP contribution is -2.20. The molecule has 0 radical (unpaired) electrons. The van der Waals surface area contributed by atoms with Crippen molar-refractivity contribution in [1.29, 1.82) is 0 Å². The Morgan fingerprint density at radius 1 is 1.07 bits per heavy atom. The van der Waals surface area contributed by atoms with Crippen LogP contribution in [-0.2, 0) is 9.47 Å². The SMILES string of the molecule is CCCCC1CCC(c2ccc(OCC3=C(F)C(F)=C(OC)CC3)cc2)OC1. The summed E-state index contributed by atoms with van der Waals surface area (Å²) in [6.07, 6.45) is 6.90. The minimum Gasteiger partial charge on any atom is -0.498 e. The Kier molecular flexibility index (Phi) is 7.49. The van der Waals surface area contributed by atoms with E-state index in [-0.39, 0.29) is 18.5 Å². The Labute approximate surface area is 166 Å². The molecule has 154 valence electrons. The van der Waals surface area contributed by atoms with Crippen molar-refractivity contribution in [3.8, 4) is 5.75 Å². The highest BCUT2D eigenvalue weighted by Gasteiger charge is 2.24. The molecule has 0 saturated carbocycles. The van der Waals surface area contributed by atoms with Crippen molar-refractivity contribution in [2.45, 2.75) is 58.0 Å². The van der Waals surface area contributed by atoms with Crippen molar-refractivity contribution < 1.29 is 23.0 Å². The Balaban J connectivity index is 1.52. The maximum Gasteiger partial charge on any atom is 0.196 e. The summed E-state index contributed by atoms with van der Waals surface area (Å²) < 4.78 is 44.5. The van der Waals surface area contributed by atoms with Gasteiger partial charge in [-0.1, -0.05) is 31.9 Å². The fourth-order valence-electron chi connectivity index (χ4n) is 3.83. The molecule has 0 amide bonds. The van der Waals surface area contributed by atoms with Crippen molar-refractivity contribution in [3.05, 3.63) is 52.8 Å². The molecule has 2 unspecified atom stereocenters. The van der Waals surface area contributed by atoms with Crippen LogP contribution in [0.4, 0.5) is 8.78 Å². The Bertz CT molecular complexity index is 701. The number of benzene rings is 1. The number of hydrogen-bond acceptors (Lipinski definition) is 3. The smallest absolute Gasteiger partial charge is 0.196 e. The van der Waals surface area contributed by atoms with E-state index in [1.54, 1.807) is 0 Å². The molecule has 0 bridgehead atoms. The van der Waals surface area contributed by atoms with E-state index in [1.807, 2.05) is 24.3 Å². The van der Waals surface area contributed by atoms with Gasteiger partial charge in [-0.05, 0) is 49.3 Å². The van der Waals surface area contributed by atoms with Crippen LogP contribution in [-0.4, -0.2) is 20.3 Å². The third-order valence-corrected chi connectivity index (χ3v) is 5.65. The molecule has 1 aliphatic heterocycles. The van der Waals surface area contributed by atoms with Gasteiger partial charge in [0.05, 0.1) is 19.8 Å². The summed E-state index contributed by atoms with van der Waals surface area (Å²) in [6, 6.07) is 7.74. The lowest BCUT2D eigenvalue weighted by molar-refractivity contribution is -0.0198. The molecule has 28 heavy (non-hydrogen) atoms. The van der Waals surface area contributed by atoms with Gasteiger partial charge in [0, 0.05) is 12.0 Å². The van der Waals surface area contributed by atoms with Gasteiger partial charge < -0.3 is 14.2 Å². The second-order valence-electron chi connectivity index (χ2n) is 7.62. The zero-order valence-corrected chi connectivity index (χ0v) is 16.8. The van der Waals surface area contributed by atoms with E-state index in [2.05, 4.69) is 6.92 Å². The summed E-state index contributed by atoms with van der Waals surface area (Å²) in [4.78, 5) is 0. The number of allylic oxidation sites excluding steroid dienone is 3. The van der Waals surface area contributed by atoms with Crippen LogP contribution in [0.5, 0.6) is 5.75 Å². The molecule has 3 rings (SSSR count). The van der Waals surface area contributed by atoms with E-state index in [4.69, 9.17) is 14.2 Å². The maximum atomic E-state index is 14.1. The average Bonchev–Trinajstić information content (AvgIpc) is 2.74. The zero-order valence-electron chi connectivity index (χ0n) is 16.8. The van der Waals surface area contributed by atoms with Crippen molar-refractivity contribution in [3.63, 3.8) is 0 Å². The van der Waals surface area contributed by atoms with E-state index >= 15 is 0 Å². The van der Waals surface area contributed by atoms with E-state index in [1.165, 1.54) is 32.8 Å². The summed E-state index contributed by atoms with van der Waals surface area (Å²) in [5.41, 5.74) is 1.47. The molecule has 3 nitrogen and oxygen atoms in total. The zero-order chi connectivity index (χ0) is 19.9. The van der Waals surface area contributed by atoms with Crippen molar-refractivity contribution in [2.24, 2.45) is 5.92 Å². The molecule has 5 heteroatoms. The number of ether oxygens (including phenoxy) is 3. The maximum absolute atomic E-state index is 14.1. The Hall–Kier alpha value is -1.88. The van der Waals surface area contributed by atoms with E-state index in [0.29, 0.717) is 30.1 Å². The Morgan fingerprint density at radius 3 is 2.50 bits per heavy atom. The van der Waals surface area contributed by atoms with Crippen LogP contribution in [0.15, 0.2) is 47.3 Å². The number of rotatable bonds is 8. The first kappa shape index (κ1) is 20.8. The van der Waals surface area contributed by atoms with E-state index < -0.39 is 11.7 Å². The van der Waals surface area contributed by atoms with Gasteiger partial charge in [-0.3, -0.25) is 0 Å². The van der Waals surface area contributed by atoms with Gasteiger partial charge in [-0.25, -0.2) is 8.78 Å². The second-order valence-corrected chi connectivity index (χ2v) is 7.62. The van der Waals surface area contributed by atoms with Crippen LogP contribution >= 0.6 is 0 Å². The van der Waals surface area contributed by atoms with E-state index in [9.17, 15) is 8.78 Å². The van der Waals surface area contributed by atoms with Gasteiger partial charge >= 0.3 is 0 Å². The molecule has 1 fully saturated rings. The van der Waals surface area contributed by atoms with Gasteiger partial charge in [0.2, 0.25) is 0 Å². The second kappa shape index (κ2) is 10.1. The first-order chi connectivity index (χ1) is 13.6. The minimum absolute atomic E-state index is 0.0363. The lowest BCUT2D eigenvalue weighted by Gasteiger charge is -2.29. The number of methoxy groups -OCH3 is 1. The molecule has 1 aromatic carbocycles. The van der Waals surface area contributed by atoms with Crippen LogP contribution in [0.3, 0.4) is 0 Å². The van der Waals surface area contributed by atoms with Gasteiger partial charge in [0.25, 0.3) is 0 Å². The molecule has 1 aliphatic carbocycles. The van der Waals surface area contributed by atoms with Crippen molar-refractivity contribution in [1.82, 2.24) is 0 Å². The van der Waals surface area contributed by atoms with Crippen LogP contribution in [0, 0.1) is 5.92 Å². The minimum atomic E-state index is -0.908. The lowest BCUT2D eigenvalue weighted by atomic mass is 9.91. The molecular weight excluding hydrogens is 362 g/mol. The molecular formula is C23H30F2O3. The van der Waals surface area contributed by atoms with Crippen molar-refractivity contribution in [2.75, 3.05) is 20.3 Å². The van der Waals surface area contributed by atoms with E-state index in [0.717, 1.165) is 18.6 Å². The summed E-state index contributed by atoms with van der Waals surface area (Å²) in [5.74, 6) is -0.370. The van der Waals surface area contributed by atoms with Crippen LogP contribution in [0.25, 0.3) is 0 Å². The molecule has 0 N–H and O–H groups in total. The highest BCUT2D eigenvalue weighted by atomic mass is 19.2. The summed E-state index contributed by atoms with van der Waals surface area (Å²) in [6.45, 7) is 3.09. The molecule has 1 aromatic rings. The number of unbranched alkanes of at least 4 members (excludes halogenated alkanes) is 1. The molecule has 2 atom stereocenters. The van der Waals surface area contributed by atoms with Gasteiger partial charge in [0.15, 0.2) is 11.7 Å². The largest absolute Gasteiger partial charge is 0.498 e. The quantitative estimate of drug-likeness (QED) is 0.501. The normalized spacial score (nSPS) is 23.1. The van der Waals surface area contributed by atoms with Crippen LogP contribution in [0.2, 0.25) is 0 Å². The first-order valence-corrected chi connectivity index (χ1v) is 10.3. The molecule has 1 saturated heterocycles. The topological polar surface area (TPSA) is 27.7 Å². The molecule has 0 spiro atoms. The summed E-state index contributed by atoms with van der Waals surface area (Å²) in [7, 11) is 1.35. The standard InChI is InChI=1S/C23H30F2O3/c1-3-4-5-16-6-12-20(28-14-16)17-7-10-19(11-8-17)27-15-18-9-13-21(26-2)23(25)22(18)24/h7-8,10-11,16,20H,3-6,9,12-15H2,1-2H3. The Morgan fingerprint density at radius 2 is 1.86 bits per heavy atom. The average molecular weight is 392 g/mol. The van der Waals surface area contributed by atoms with Gasteiger partial charge in [0.1, 0.15) is 18.1 Å². The summed E-state index contributed by atoms with van der Waals surface area (Å²) in [5, 5.41) is 0. The molecule has 0 aromatic heterocycles. The fraction of sp³-hybridized carbons (Fsp3) is 0.565. The molecule has 1 heterocycles. The predicted molar refractivity (Wildman–Crippen MR) is 105 cm³/mol. The summed E-state index contributed by atoms with van der Waals surface area (Å²) >= 11 is 0. The van der Waals surface area contributed by atoms with Gasteiger partial charge in [-0.2, -0.15) is 0 Å².